The molecule has 2 N–H and O–H groups in total. The summed E-state index contributed by atoms with van der Waals surface area (Å²) in [5, 5.41) is 6.58. The molecule has 0 spiro atoms. The van der Waals surface area contributed by atoms with Gasteiger partial charge in [0.15, 0.2) is 0 Å². The van der Waals surface area contributed by atoms with Crippen LogP contribution in [0, 0.1) is 12.8 Å². The van der Waals surface area contributed by atoms with Crippen LogP contribution < -0.4 is 10.6 Å². The largest absolute Gasteiger partial charge is 0.444 e. The van der Waals surface area contributed by atoms with Crippen molar-refractivity contribution >= 4 is 6.09 Å². The van der Waals surface area contributed by atoms with E-state index < -0.39 is 5.60 Å². The van der Waals surface area contributed by atoms with Crippen molar-refractivity contribution in [2.24, 2.45) is 5.92 Å². The van der Waals surface area contributed by atoms with Crippen molar-refractivity contribution in [1.29, 1.82) is 0 Å². The summed E-state index contributed by atoms with van der Waals surface area (Å²) in [4.78, 5) is 11.8. The van der Waals surface area contributed by atoms with Crippen LogP contribution in [-0.4, -0.2) is 24.3 Å². The number of hydrogen-bond donors (Lipinski definition) is 2. The zero-order chi connectivity index (χ0) is 17.0. The van der Waals surface area contributed by atoms with Crippen molar-refractivity contribution < 1.29 is 9.53 Å². The van der Waals surface area contributed by atoms with Gasteiger partial charge in [-0.1, -0.05) is 29.8 Å². The predicted molar refractivity (Wildman–Crippen MR) is 93.5 cm³/mol. The first-order valence-electron chi connectivity index (χ1n) is 8.54. The molecule has 2 atom stereocenters. The Morgan fingerprint density at radius 1 is 1.35 bits per heavy atom. The Kier molecular flexibility index (Phi) is 5.69. The molecule has 1 aromatic rings. The van der Waals surface area contributed by atoms with Gasteiger partial charge in [0.2, 0.25) is 0 Å². The summed E-state index contributed by atoms with van der Waals surface area (Å²) < 4.78 is 5.32. The highest BCUT2D eigenvalue weighted by molar-refractivity contribution is 5.67. The highest BCUT2D eigenvalue weighted by Crippen LogP contribution is 2.33. The molecule has 128 valence electrons. The normalized spacial score (nSPS) is 17.4. The van der Waals surface area contributed by atoms with Gasteiger partial charge in [0, 0.05) is 18.6 Å². The Hall–Kier alpha value is -1.55. The number of hydrogen-bond acceptors (Lipinski definition) is 3. The molecular weight excluding hydrogens is 288 g/mol. The Morgan fingerprint density at radius 3 is 2.61 bits per heavy atom. The average Bonchev–Trinajstić information content (AvgIpc) is 3.25. The Balaban J connectivity index is 1.88. The minimum atomic E-state index is -0.457. The van der Waals surface area contributed by atoms with Gasteiger partial charge in [0.25, 0.3) is 0 Å². The highest BCUT2D eigenvalue weighted by atomic mass is 16.6. The average molecular weight is 318 g/mol. The third kappa shape index (κ3) is 6.22. The molecule has 2 rings (SSSR count). The van der Waals surface area contributed by atoms with Crippen LogP contribution in [0.15, 0.2) is 24.3 Å². The Morgan fingerprint density at radius 2 is 2.04 bits per heavy atom. The third-order valence-corrected chi connectivity index (χ3v) is 4.06. The second-order valence-corrected chi connectivity index (χ2v) is 7.63. The minimum absolute atomic E-state index is 0.265. The molecule has 0 heterocycles. The number of nitrogens with one attached hydrogen (secondary N) is 2. The molecular formula is C19H30N2O2. The number of aryl methyl sites for hydroxylation is 1. The molecule has 0 aromatic heterocycles. The van der Waals surface area contributed by atoms with Gasteiger partial charge in [-0.05, 0) is 58.9 Å². The van der Waals surface area contributed by atoms with E-state index in [0.717, 1.165) is 0 Å². The van der Waals surface area contributed by atoms with Crippen LogP contribution in [0.5, 0.6) is 0 Å². The van der Waals surface area contributed by atoms with Crippen LogP contribution in [0.4, 0.5) is 4.79 Å². The van der Waals surface area contributed by atoms with Crippen LogP contribution in [0.3, 0.4) is 0 Å². The van der Waals surface area contributed by atoms with E-state index in [1.165, 1.54) is 24.0 Å². The van der Waals surface area contributed by atoms with E-state index in [1.54, 1.807) is 0 Å². The standard InChI is InChI=1S/C19H30N2O2/c1-13-7-6-8-16(11-13)14(2)21-17(15-9-10-15)12-20-18(22)23-19(3,4)5/h6-8,11,14-15,17,21H,9-10,12H2,1-5H3,(H,20,22). The van der Waals surface area contributed by atoms with E-state index in [1.807, 2.05) is 20.8 Å². The molecule has 4 nitrogen and oxygen atoms in total. The van der Waals surface area contributed by atoms with Crippen LogP contribution in [-0.2, 0) is 4.74 Å². The lowest BCUT2D eigenvalue weighted by Crippen LogP contribution is -2.44. The first-order chi connectivity index (χ1) is 10.7. The summed E-state index contributed by atoms with van der Waals surface area (Å²) in [6.07, 6.45) is 2.12. The fourth-order valence-corrected chi connectivity index (χ4v) is 2.72. The lowest BCUT2D eigenvalue weighted by atomic mass is 10.0. The fourth-order valence-electron chi connectivity index (χ4n) is 2.72. The molecule has 23 heavy (non-hydrogen) atoms. The van der Waals surface area contributed by atoms with Crippen molar-refractivity contribution in [3.63, 3.8) is 0 Å². The van der Waals surface area contributed by atoms with Gasteiger partial charge in [-0.15, -0.1) is 0 Å². The van der Waals surface area contributed by atoms with Crippen LogP contribution in [0.1, 0.15) is 57.7 Å². The lowest BCUT2D eigenvalue weighted by molar-refractivity contribution is 0.0520. The smallest absolute Gasteiger partial charge is 0.407 e. The minimum Gasteiger partial charge on any atom is -0.444 e. The van der Waals surface area contributed by atoms with Crippen LogP contribution in [0.25, 0.3) is 0 Å². The molecule has 0 saturated heterocycles. The monoisotopic (exact) mass is 318 g/mol. The third-order valence-electron chi connectivity index (χ3n) is 4.06. The maximum atomic E-state index is 11.8. The van der Waals surface area contributed by atoms with Gasteiger partial charge >= 0.3 is 6.09 Å². The number of carbonyl (C=O) groups is 1. The molecule has 1 amide bonds. The Bertz CT molecular complexity index is 532. The van der Waals surface area contributed by atoms with Crippen molar-refractivity contribution in [2.75, 3.05) is 6.54 Å². The second-order valence-electron chi connectivity index (χ2n) is 7.63. The number of carbonyl (C=O) groups excluding carboxylic acids is 1. The Labute approximate surface area is 140 Å². The van der Waals surface area contributed by atoms with E-state index in [0.29, 0.717) is 12.5 Å². The summed E-state index contributed by atoms with van der Waals surface area (Å²) in [6.45, 7) is 10.5. The highest BCUT2D eigenvalue weighted by Gasteiger charge is 2.32. The van der Waals surface area contributed by atoms with E-state index >= 15 is 0 Å². The zero-order valence-corrected chi connectivity index (χ0v) is 15.0. The summed E-state index contributed by atoms with van der Waals surface area (Å²) >= 11 is 0. The van der Waals surface area contributed by atoms with Crippen molar-refractivity contribution in [3.05, 3.63) is 35.4 Å². The van der Waals surface area contributed by atoms with Crippen LogP contribution >= 0.6 is 0 Å². The first kappa shape index (κ1) is 17.8. The van der Waals surface area contributed by atoms with Gasteiger partial charge in [-0.2, -0.15) is 0 Å². The molecule has 0 aliphatic heterocycles. The van der Waals surface area contributed by atoms with Crippen molar-refractivity contribution in [2.45, 2.75) is 65.1 Å². The van der Waals surface area contributed by atoms with Crippen molar-refractivity contribution in [1.82, 2.24) is 10.6 Å². The van der Waals surface area contributed by atoms with Gasteiger partial charge < -0.3 is 15.4 Å². The van der Waals surface area contributed by atoms with E-state index in [2.05, 4.69) is 48.7 Å². The summed E-state index contributed by atoms with van der Waals surface area (Å²) in [5.41, 5.74) is 2.10. The topological polar surface area (TPSA) is 50.4 Å². The molecule has 1 aliphatic carbocycles. The number of ether oxygens (including phenoxy) is 1. The molecule has 1 fully saturated rings. The fraction of sp³-hybridized carbons (Fsp3) is 0.632. The van der Waals surface area contributed by atoms with E-state index in [-0.39, 0.29) is 18.2 Å². The van der Waals surface area contributed by atoms with Gasteiger partial charge in [-0.25, -0.2) is 4.79 Å². The molecule has 1 aliphatic rings. The number of rotatable bonds is 6. The lowest BCUT2D eigenvalue weighted by Gasteiger charge is -2.25. The van der Waals surface area contributed by atoms with E-state index in [9.17, 15) is 4.79 Å². The molecule has 1 aromatic carbocycles. The van der Waals surface area contributed by atoms with Gasteiger partial charge in [0.1, 0.15) is 5.60 Å². The van der Waals surface area contributed by atoms with Gasteiger partial charge in [0.05, 0.1) is 0 Å². The zero-order valence-electron chi connectivity index (χ0n) is 15.0. The quantitative estimate of drug-likeness (QED) is 0.835. The first-order valence-corrected chi connectivity index (χ1v) is 8.54. The summed E-state index contributed by atoms with van der Waals surface area (Å²) in [5.74, 6) is 0.650. The maximum Gasteiger partial charge on any atom is 0.407 e. The SMILES string of the molecule is Cc1cccc(C(C)NC(CNC(=O)OC(C)(C)C)C2CC2)c1. The molecule has 1 saturated carbocycles. The molecule has 0 bridgehead atoms. The summed E-state index contributed by atoms with van der Waals surface area (Å²) in [7, 11) is 0. The predicted octanol–water partition coefficient (Wildman–Crippen LogP) is 3.95. The van der Waals surface area contributed by atoms with Gasteiger partial charge in [-0.3, -0.25) is 0 Å². The van der Waals surface area contributed by atoms with E-state index in [4.69, 9.17) is 4.74 Å². The number of benzene rings is 1. The molecule has 4 heteroatoms. The number of alkyl carbamates (subject to hydrolysis) is 1. The van der Waals surface area contributed by atoms with Crippen LogP contribution in [0.2, 0.25) is 0 Å². The molecule has 2 unspecified atom stereocenters. The maximum absolute atomic E-state index is 11.8. The second kappa shape index (κ2) is 7.35. The van der Waals surface area contributed by atoms with Crippen molar-refractivity contribution in [3.8, 4) is 0 Å². The number of amides is 1. The molecule has 0 radical (unpaired) electrons. The summed E-state index contributed by atoms with van der Waals surface area (Å²) in [6, 6.07) is 9.12.